The molecule has 0 spiro atoms. The fourth-order valence-corrected chi connectivity index (χ4v) is 7.24. The van der Waals surface area contributed by atoms with Crippen molar-refractivity contribution >= 4 is 11.9 Å². The second-order valence-corrected chi connectivity index (χ2v) is 13.7. The topological polar surface area (TPSA) is 76.1 Å². The van der Waals surface area contributed by atoms with Crippen LogP contribution in [-0.4, -0.2) is 60.9 Å². The van der Waals surface area contributed by atoms with Crippen molar-refractivity contribution in [3.8, 4) is 0 Å². The molecule has 0 bridgehead atoms. The van der Waals surface area contributed by atoms with Gasteiger partial charge in [0.2, 0.25) is 0 Å². The Morgan fingerprint density at radius 3 is 1.77 bits per heavy atom. The van der Waals surface area contributed by atoms with Gasteiger partial charge in [-0.2, -0.15) is 0 Å². The summed E-state index contributed by atoms with van der Waals surface area (Å²) in [4.78, 5) is 26.6. The van der Waals surface area contributed by atoms with Gasteiger partial charge in [0.1, 0.15) is 6.10 Å². The maximum absolute atomic E-state index is 12.4. The lowest BCUT2D eigenvalue weighted by atomic mass is 9.73. The molecular weight excluding hydrogens is 538 g/mol. The fraction of sp³-hybridized carbons (Fsp3) is 0.946. The Morgan fingerprint density at radius 1 is 0.605 bits per heavy atom. The molecule has 0 radical (unpaired) electrons. The van der Waals surface area contributed by atoms with Gasteiger partial charge in [0.15, 0.2) is 0 Å². The van der Waals surface area contributed by atoms with Crippen molar-refractivity contribution in [2.24, 2.45) is 11.8 Å². The van der Waals surface area contributed by atoms with Gasteiger partial charge in [0, 0.05) is 19.4 Å². The van der Waals surface area contributed by atoms with Crippen LogP contribution in [0.1, 0.15) is 174 Å². The average molecular weight is 608 g/mol. The summed E-state index contributed by atoms with van der Waals surface area (Å²) in [6, 6.07) is 0. The lowest BCUT2D eigenvalue weighted by molar-refractivity contribution is -0.151. The number of hydrogen-bond acceptors (Lipinski definition) is 6. The first-order chi connectivity index (χ1) is 21.1. The Bertz CT molecular complexity index is 672. The molecule has 6 nitrogen and oxygen atoms in total. The smallest absolute Gasteiger partial charge is 0.306 e. The number of carbonyl (C=O) groups excluding carboxylic acids is 2. The fourth-order valence-electron chi connectivity index (χ4n) is 7.24. The van der Waals surface area contributed by atoms with Crippen molar-refractivity contribution < 1.29 is 24.2 Å². The molecule has 0 aliphatic heterocycles. The standard InChI is InChI=1S/C37H69NO5/c1-2-3-4-11-19-32-42-36(40)22-15-7-5-9-17-28-38(30-31-39)29-18-10-6-8-16-23-37(41)43-35-26-24-34(25-27-35)33-20-13-12-14-21-33/h33-35,39H,2-32H2,1H3. The molecule has 0 aromatic heterocycles. The number of hydrogen-bond donors (Lipinski definition) is 1. The first-order valence-corrected chi connectivity index (χ1v) is 18.8. The molecule has 0 aromatic carbocycles. The summed E-state index contributed by atoms with van der Waals surface area (Å²) in [5.74, 6) is 1.80. The number of ether oxygens (including phenoxy) is 2. The lowest BCUT2D eigenvalue weighted by Gasteiger charge is -2.35. The molecule has 1 N–H and O–H groups in total. The molecule has 2 aliphatic carbocycles. The molecule has 0 unspecified atom stereocenters. The quantitative estimate of drug-likeness (QED) is 0.0780. The van der Waals surface area contributed by atoms with Crippen LogP contribution in [0.3, 0.4) is 0 Å². The lowest BCUT2D eigenvalue weighted by Crippen LogP contribution is -2.29. The summed E-state index contributed by atoms with van der Waals surface area (Å²) in [6.45, 7) is 5.83. The van der Waals surface area contributed by atoms with E-state index in [0.29, 0.717) is 19.4 Å². The van der Waals surface area contributed by atoms with Crippen molar-refractivity contribution in [1.29, 1.82) is 0 Å². The third-order valence-electron chi connectivity index (χ3n) is 9.97. The maximum atomic E-state index is 12.4. The highest BCUT2D eigenvalue weighted by atomic mass is 16.5. The van der Waals surface area contributed by atoms with Crippen molar-refractivity contribution in [3.63, 3.8) is 0 Å². The number of unbranched alkanes of at least 4 members (excludes halogenated alkanes) is 12. The van der Waals surface area contributed by atoms with E-state index in [-0.39, 0.29) is 24.6 Å². The van der Waals surface area contributed by atoms with Gasteiger partial charge in [0.05, 0.1) is 13.2 Å². The molecule has 43 heavy (non-hydrogen) atoms. The number of carbonyl (C=O) groups is 2. The van der Waals surface area contributed by atoms with Gasteiger partial charge in [-0.1, -0.05) is 103 Å². The summed E-state index contributed by atoms with van der Waals surface area (Å²) >= 11 is 0. The van der Waals surface area contributed by atoms with Gasteiger partial charge < -0.3 is 19.5 Å². The zero-order valence-electron chi connectivity index (χ0n) is 28.2. The van der Waals surface area contributed by atoms with Gasteiger partial charge in [-0.25, -0.2) is 0 Å². The Balaban J connectivity index is 1.37. The van der Waals surface area contributed by atoms with Gasteiger partial charge in [0.25, 0.3) is 0 Å². The third kappa shape index (κ3) is 19.8. The zero-order valence-corrected chi connectivity index (χ0v) is 28.2. The highest BCUT2D eigenvalue weighted by Gasteiger charge is 2.29. The van der Waals surface area contributed by atoms with Crippen LogP contribution in [0.4, 0.5) is 0 Å². The number of aliphatic hydroxyl groups excluding tert-OH is 1. The van der Waals surface area contributed by atoms with Crippen LogP contribution in [0.25, 0.3) is 0 Å². The summed E-state index contributed by atoms with van der Waals surface area (Å²) in [6.07, 6.45) is 30.0. The molecular formula is C37H69NO5. The second kappa shape index (κ2) is 26.1. The third-order valence-corrected chi connectivity index (χ3v) is 9.97. The Labute approximate surface area is 265 Å². The highest BCUT2D eigenvalue weighted by Crippen LogP contribution is 2.38. The Morgan fingerprint density at radius 2 is 1.14 bits per heavy atom. The molecule has 252 valence electrons. The van der Waals surface area contributed by atoms with Crippen molar-refractivity contribution in [2.75, 3.05) is 32.8 Å². The van der Waals surface area contributed by atoms with E-state index < -0.39 is 0 Å². The largest absolute Gasteiger partial charge is 0.466 e. The van der Waals surface area contributed by atoms with E-state index in [1.54, 1.807) is 0 Å². The van der Waals surface area contributed by atoms with Crippen LogP contribution in [0.2, 0.25) is 0 Å². The Hall–Kier alpha value is -1.14. The molecule has 2 rings (SSSR count). The number of nitrogens with zero attached hydrogens (tertiary/aromatic N) is 1. The van der Waals surface area contributed by atoms with E-state index in [4.69, 9.17) is 9.47 Å². The van der Waals surface area contributed by atoms with Crippen molar-refractivity contribution in [2.45, 2.75) is 180 Å². The van der Waals surface area contributed by atoms with E-state index in [1.165, 1.54) is 77.0 Å². The molecule has 2 saturated carbocycles. The summed E-state index contributed by atoms with van der Waals surface area (Å²) in [7, 11) is 0. The molecule has 0 saturated heterocycles. The van der Waals surface area contributed by atoms with Crippen LogP contribution in [0.5, 0.6) is 0 Å². The van der Waals surface area contributed by atoms with E-state index in [2.05, 4.69) is 11.8 Å². The molecule has 0 aromatic rings. The first kappa shape index (κ1) is 38.0. The number of aliphatic hydroxyl groups is 1. The van der Waals surface area contributed by atoms with Gasteiger partial charge in [-0.15, -0.1) is 0 Å². The van der Waals surface area contributed by atoms with Gasteiger partial charge in [-0.05, 0) is 82.7 Å². The molecule has 2 fully saturated rings. The molecule has 2 aliphatic rings. The van der Waals surface area contributed by atoms with Crippen molar-refractivity contribution in [1.82, 2.24) is 4.90 Å². The minimum absolute atomic E-state index is 0.0170. The zero-order chi connectivity index (χ0) is 30.8. The summed E-state index contributed by atoms with van der Waals surface area (Å²) in [5, 5.41) is 9.46. The Kier molecular flexibility index (Phi) is 23.1. The number of rotatable bonds is 26. The molecule has 0 amide bonds. The molecule has 0 atom stereocenters. The highest BCUT2D eigenvalue weighted by molar-refractivity contribution is 5.69. The second-order valence-electron chi connectivity index (χ2n) is 13.7. The molecule has 6 heteroatoms. The monoisotopic (exact) mass is 608 g/mol. The minimum atomic E-state index is -0.0356. The molecule has 0 heterocycles. The first-order valence-electron chi connectivity index (χ1n) is 18.8. The number of esters is 2. The predicted octanol–water partition coefficient (Wildman–Crippen LogP) is 9.16. The van der Waals surface area contributed by atoms with E-state index in [9.17, 15) is 14.7 Å². The predicted molar refractivity (Wildman–Crippen MR) is 177 cm³/mol. The normalized spacial score (nSPS) is 19.5. The summed E-state index contributed by atoms with van der Waals surface area (Å²) in [5.41, 5.74) is 0. The van der Waals surface area contributed by atoms with E-state index in [1.807, 2.05) is 0 Å². The van der Waals surface area contributed by atoms with Crippen molar-refractivity contribution in [3.05, 3.63) is 0 Å². The van der Waals surface area contributed by atoms with Crippen LogP contribution in [0, 0.1) is 11.8 Å². The SMILES string of the molecule is CCCCCCCOC(=O)CCCCCCCN(CCO)CCCCCCCC(=O)OC1CCC(C2CCCCC2)CC1. The van der Waals surface area contributed by atoms with Crippen LogP contribution >= 0.6 is 0 Å². The minimum Gasteiger partial charge on any atom is -0.466 e. The average Bonchev–Trinajstić information content (AvgIpc) is 3.02. The van der Waals surface area contributed by atoms with Crippen LogP contribution in [-0.2, 0) is 19.1 Å². The summed E-state index contributed by atoms with van der Waals surface area (Å²) < 4.78 is 11.2. The van der Waals surface area contributed by atoms with Gasteiger partial charge in [-0.3, -0.25) is 9.59 Å². The van der Waals surface area contributed by atoms with E-state index in [0.717, 1.165) is 109 Å². The van der Waals surface area contributed by atoms with Gasteiger partial charge >= 0.3 is 11.9 Å². The van der Waals surface area contributed by atoms with E-state index >= 15 is 0 Å². The maximum Gasteiger partial charge on any atom is 0.306 e. The van der Waals surface area contributed by atoms with Crippen LogP contribution < -0.4 is 0 Å². The van der Waals surface area contributed by atoms with Crippen LogP contribution in [0.15, 0.2) is 0 Å².